The van der Waals surface area contributed by atoms with E-state index in [1.807, 2.05) is 0 Å². The molecule has 0 bridgehead atoms. The van der Waals surface area contributed by atoms with Crippen LogP contribution in [0.4, 0.5) is 26.3 Å². The van der Waals surface area contributed by atoms with Crippen LogP contribution in [0.15, 0.2) is 12.2 Å². The van der Waals surface area contributed by atoms with E-state index >= 15 is 0 Å². The summed E-state index contributed by atoms with van der Waals surface area (Å²) in [5, 5.41) is 9.26. The first kappa shape index (κ1) is 23.2. The predicted octanol–water partition coefficient (Wildman–Crippen LogP) is 3.06. The third-order valence-corrected chi connectivity index (χ3v) is 3.17. The molecule has 0 radical (unpaired) electrons. The predicted molar refractivity (Wildman–Crippen MR) is 72.2 cm³/mol. The van der Waals surface area contributed by atoms with Crippen LogP contribution in [0.3, 0.4) is 0 Å². The van der Waals surface area contributed by atoms with Gasteiger partial charge in [-0.15, -0.1) is 0 Å². The molecule has 0 atom stereocenters. The fourth-order valence-electron chi connectivity index (χ4n) is 1.76. The van der Waals surface area contributed by atoms with E-state index in [1.165, 1.54) is 6.92 Å². The highest BCUT2D eigenvalue weighted by atomic mass is 19.4. The molecule has 0 saturated heterocycles. The second-order valence-electron chi connectivity index (χ2n) is 5.71. The van der Waals surface area contributed by atoms with Crippen molar-refractivity contribution in [2.75, 3.05) is 6.61 Å². The normalized spacial score (nSPS) is 13.4. The van der Waals surface area contributed by atoms with Gasteiger partial charge < -0.3 is 14.6 Å². The number of esters is 2. The van der Waals surface area contributed by atoms with E-state index in [0.29, 0.717) is 13.8 Å². The Labute approximate surface area is 139 Å². The van der Waals surface area contributed by atoms with E-state index in [-0.39, 0.29) is 18.6 Å². The molecule has 146 valence electrons. The first-order chi connectivity index (χ1) is 11.0. The highest BCUT2D eigenvalue weighted by Crippen LogP contribution is 2.50. The molecule has 25 heavy (non-hydrogen) atoms. The van der Waals surface area contributed by atoms with Gasteiger partial charge in [-0.2, -0.15) is 26.3 Å². The Hall–Kier alpha value is -1.78. The van der Waals surface area contributed by atoms with Crippen molar-refractivity contribution in [1.82, 2.24) is 0 Å². The summed E-state index contributed by atoms with van der Waals surface area (Å²) in [6.07, 6.45) is -13.1. The van der Waals surface area contributed by atoms with Gasteiger partial charge in [0.1, 0.15) is 0 Å². The van der Waals surface area contributed by atoms with E-state index in [2.05, 4.69) is 16.1 Å². The summed E-state index contributed by atoms with van der Waals surface area (Å²) in [7, 11) is 0. The van der Waals surface area contributed by atoms with Gasteiger partial charge in [-0.25, -0.2) is 4.79 Å². The zero-order chi connectivity index (χ0) is 20.3. The first-order valence-electron chi connectivity index (χ1n) is 6.87. The van der Waals surface area contributed by atoms with Crippen molar-refractivity contribution < 1.29 is 50.5 Å². The molecule has 0 aliphatic heterocycles. The molecule has 0 saturated carbocycles. The van der Waals surface area contributed by atoms with Gasteiger partial charge in [-0.05, 0) is 27.2 Å². The molecule has 0 fully saturated rings. The Bertz CT molecular complexity index is 507. The van der Waals surface area contributed by atoms with Crippen molar-refractivity contribution in [2.45, 2.75) is 57.2 Å². The van der Waals surface area contributed by atoms with Gasteiger partial charge in [-0.1, -0.05) is 6.58 Å². The van der Waals surface area contributed by atoms with Crippen LogP contribution in [0.1, 0.15) is 33.6 Å². The minimum Gasteiger partial charge on any atom is -0.462 e. The lowest BCUT2D eigenvalue weighted by atomic mass is 9.84. The molecule has 0 aromatic rings. The molecule has 0 aliphatic rings. The molecular weight excluding hydrogens is 362 g/mol. The molecule has 0 spiro atoms. The molecule has 1 N–H and O–H groups in total. The van der Waals surface area contributed by atoms with Crippen molar-refractivity contribution in [3.05, 3.63) is 12.2 Å². The van der Waals surface area contributed by atoms with E-state index in [4.69, 9.17) is 0 Å². The number of alkyl halides is 6. The molecule has 11 heteroatoms. The van der Waals surface area contributed by atoms with E-state index < -0.39 is 41.9 Å². The van der Waals surface area contributed by atoms with Crippen molar-refractivity contribution in [3.8, 4) is 0 Å². The van der Waals surface area contributed by atoms with E-state index in [0.717, 1.165) is 0 Å². The summed E-state index contributed by atoms with van der Waals surface area (Å²) in [5.41, 5.74) is -8.52. The van der Waals surface area contributed by atoms with Crippen molar-refractivity contribution in [2.24, 2.45) is 0 Å². The quantitative estimate of drug-likeness (QED) is 0.318. The molecule has 0 aliphatic carbocycles. The average Bonchev–Trinajstić information content (AvgIpc) is 2.38. The molecule has 0 heterocycles. The Morgan fingerprint density at radius 2 is 1.48 bits per heavy atom. The second-order valence-corrected chi connectivity index (χ2v) is 5.71. The van der Waals surface area contributed by atoms with Crippen LogP contribution in [0.2, 0.25) is 0 Å². The van der Waals surface area contributed by atoms with Crippen LogP contribution >= 0.6 is 0 Å². The maximum atomic E-state index is 12.8. The monoisotopic (exact) mass is 380 g/mol. The van der Waals surface area contributed by atoms with Crippen LogP contribution in [-0.4, -0.2) is 47.2 Å². The molecule has 0 unspecified atom stereocenters. The third kappa shape index (κ3) is 5.35. The first-order valence-corrected chi connectivity index (χ1v) is 6.87. The van der Waals surface area contributed by atoms with E-state index in [9.17, 15) is 41.0 Å². The SMILES string of the molecule is C=C(C)C(=O)OCCCC(=O)OC(C)(C)C(O)(C(F)(F)F)C(F)(F)F. The summed E-state index contributed by atoms with van der Waals surface area (Å²) >= 11 is 0. The fraction of sp³-hybridized carbons (Fsp3) is 0.714. The summed E-state index contributed by atoms with van der Waals surface area (Å²) in [6, 6.07) is 0. The summed E-state index contributed by atoms with van der Waals surface area (Å²) in [6.45, 7) is 4.92. The molecule has 5 nitrogen and oxygen atoms in total. The van der Waals surface area contributed by atoms with Crippen LogP contribution in [-0.2, 0) is 19.1 Å². The smallest absolute Gasteiger partial charge is 0.430 e. The Morgan fingerprint density at radius 1 is 1.04 bits per heavy atom. The summed E-state index contributed by atoms with van der Waals surface area (Å²) < 4.78 is 85.6. The number of hydrogen-bond acceptors (Lipinski definition) is 5. The molecule has 0 rings (SSSR count). The van der Waals surface area contributed by atoms with E-state index in [1.54, 1.807) is 0 Å². The standard InChI is InChI=1S/C14H18F6O5/c1-8(2)10(22)24-7-5-6-9(21)25-11(3,4)12(23,13(15,16)17)14(18,19)20/h23H,1,5-7H2,2-4H3. The van der Waals surface area contributed by atoms with Gasteiger partial charge in [0.2, 0.25) is 0 Å². The maximum Gasteiger partial charge on any atom is 0.430 e. The largest absolute Gasteiger partial charge is 0.462 e. The van der Waals surface area contributed by atoms with Gasteiger partial charge in [0.05, 0.1) is 6.61 Å². The van der Waals surface area contributed by atoms with Gasteiger partial charge in [0.25, 0.3) is 5.60 Å². The van der Waals surface area contributed by atoms with Gasteiger partial charge >= 0.3 is 24.3 Å². The number of aliphatic hydroxyl groups is 1. The van der Waals surface area contributed by atoms with Crippen molar-refractivity contribution >= 4 is 11.9 Å². The number of halogens is 6. The van der Waals surface area contributed by atoms with Crippen LogP contribution in [0.25, 0.3) is 0 Å². The topological polar surface area (TPSA) is 72.8 Å². The van der Waals surface area contributed by atoms with Crippen LogP contribution < -0.4 is 0 Å². The maximum absolute atomic E-state index is 12.8. The fourth-order valence-corrected chi connectivity index (χ4v) is 1.76. The summed E-state index contributed by atoms with van der Waals surface area (Å²) in [4.78, 5) is 22.6. The second kappa shape index (κ2) is 7.63. The minimum atomic E-state index is -6.13. The van der Waals surface area contributed by atoms with Gasteiger partial charge in [0.15, 0.2) is 5.60 Å². The average molecular weight is 380 g/mol. The number of rotatable bonds is 7. The number of carbonyl (C=O) groups excluding carboxylic acids is 2. The van der Waals surface area contributed by atoms with Crippen LogP contribution in [0.5, 0.6) is 0 Å². The van der Waals surface area contributed by atoms with Crippen molar-refractivity contribution in [1.29, 1.82) is 0 Å². The Kier molecular flexibility index (Phi) is 7.08. The number of carbonyl (C=O) groups is 2. The van der Waals surface area contributed by atoms with Crippen molar-refractivity contribution in [3.63, 3.8) is 0 Å². The third-order valence-electron chi connectivity index (χ3n) is 3.17. The highest BCUT2D eigenvalue weighted by Gasteiger charge is 2.78. The zero-order valence-electron chi connectivity index (χ0n) is 13.7. The number of hydrogen-bond donors (Lipinski definition) is 1. The Balaban J connectivity index is 4.96. The van der Waals surface area contributed by atoms with Crippen LogP contribution in [0, 0.1) is 0 Å². The Morgan fingerprint density at radius 3 is 1.84 bits per heavy atom. The number of ether oxygens (including phenoxy) is 2. The lowest BCUT2D eigenvalue weighted by molar-refractivity contribution is -0.407. The van der Waals surface area contributed by atoms with Gasteiger partial charge in [-0.3, -0.25) is 4.79 Å². The molecule has 0 aromatic heterocycles. The summed E-state index contributed by atoms with van der Waals surface area (Å²) in [5.74, 6) is -2.19. The highest BCUT2D eigenvalue weighted by molar-refractivity contribution is 5.86. The molecular formula is C14H18F6O5. The lowest BCUT2D eigenvalue weighted by Gasteiger charge is -2.43. The molecule has 0 amide bonds. The molecule has 0 aromatic carbocycles. The lowest BCUT2D eigenvalue weighted by Crippen LogP contribution is -2.69. The zero-order valence-corrected chi connectivity index (χ0v) is 13.7. The van der Waals surface area contributed by atoms with Gasteiger partial charge in [0, 0.05) is 12.0 Å². The minimum absolute atomic E-state index is 0.0733.